The summed E-state index contributed by atoms with van der Waals surface area (Å²) in [7, 11) is 0. The molecular formula is C17H14N2O4. The molecule has 1 aromatic heterocycles. The van der Waals surface area contributed by atoms with E-state index in [-0.39, 0.29) is 12.3 Å². The van der Waals surface area contributed by atoms with Crippen molar-refractivity contribution in [2.45, 2.75) is 6.42 Å². The first kappa shape index (κ1) is 13.6. The number of fused-ring (bicyclic) bond motifs is 2. The number of aromatic nitrogens is 1. The van der Waals surface area contributed by atoms with E-state index in [1.165, 1.54) is 6.39 Å². The number of nitrogens with one attached hydrogen (secondary N) is 1. The van der Waals surface area contributed by atoms with Crippen LogP contribution in [-0.4, -0.2) is 24.1 Å². The highest BCUT2D eigenvalue weighted by molar-refractivity contribution is 5.93. The van der Waals surface area contributed by atoms with Gasteiger partial charge in [0, 0.05) is 11.8 Å². The van der Waals surface area contributed by atoms with Crippen molar-refractivity contribution in [1.82, 2.24) is 4.98 Å². The lowest BCUT2D eigenvalue weighted by Crippen LogP contribution is -2.17. The zero-order chi connectivity index (χ0) is 15.6. The highest BCUT2D eigenvalue weighted by atomic mass is 16.6. The molecule has 1 amide bonds. The molecule has 1 aliphatic rings. The average Bonchev–Trinajstić information content (AvgIpc) is 3.02. The second-order valence-corrected chi connectivity index (χ2v) is 5.24. The number of hydrogen-bond acceptors (Lipinski definition) is 5. The number of carbonyl (C=O) groups excluding carboxylic acids is 1. The molecule has 23 heavy (non-hydrogen) atoms. The van der Waals surface area contributed by atoms with Crippen molar-refractivity contribution in [2.24, 2.45) is 0 Å². The number of oxazole rings is 1. The van der Waals surface area contributed by atoms with Gasteiger partial charge in [0.05, 0.1) is 6.42 Å². The smallest absolute Gasteiger partial charge is 0.228 e. The van der Waals surface area contributed by atoms with Crippen molar-refractivity contribution in [3.63, 3.8) is 0 Å². The van der Waals surface area contributed by atoms with E-state index in [9.17, 15) is 4.79 Å². The van der Waals surface area contributed by atoms with Gasteiger partial charge in [0.1, 0.15) is 18.7 Å². The van der Waals surface area contributed by atoms with Gasteiger partial charge in [-0.3, -0.25) is 4.79 Å². The fourth-order valence-corrected chi connectivity index (χ4v) is 2.52. The Kier molecular flexibility index (Phi) is 3.34. The fourth-order valence-electron chi connectivity index (χ4n) is 2.52. The highest BCUT2D eigenvalue weighted by Gasteiger charge is 2.13. The zero-order valence-corrected chi connectivity index (χ0v) is 12.2. The first-order chi connectivity index (χ1) is 11.3. The van der Waals surface area contributed by atoms with E-state index in [4.69, 9.17) is 13.9 Å². The molecule has 116 valence electrons. The number of carbonyl (C=O) groups is 1. The largest absolute Gasteiger partial charge is 0.486 e. The molecule has 6 heteroatoms. The molecule has 0 radical (unpaired) electrons. The maximum Gasteiger partial charge on any atom is 0.228 e. The normalized spacial score (nSPS) is 13.0. The van der Waals surface area contributed by atoms with Gasteiger partial charge in [-0.25, -0.2) is 4.98 Å². The summed E-state index contributed by atoms with van der Waals surface area (Å²) in [6.45, 7) is 1.06. The van der Waals surface area contributed by atoms with E-state index in [2.05, 4.69) is 10.3 Å². The van der Waals surface area contributed by atoms with E-state index in [1.54, 1.807) is 18.2 Å². The van der Waals surface area contributed by atoms with Crippen LogP contribution in [0.1, 0.15) is 5.56 Å². The minimum atomic E-state index is -0.111. The minimum absolute atomic E-state index is 0.111. The molecule has 0 saturated heterocycles. The van der Waals surface area contributed by atoms with Crippen LogP contribution in [0.25, 0.3) is 11.1 Å². The summed E-state index contributed by atoms with van der Waals surface area (Å²) in [6, 6.07) is 10.9. The molecule has 0 saturated carbocycles. The van der Waals surface area contributed by atoms with E-state index in [0.29, 0.717) is 36.0 Å². The van der Waals surface area contributed by atoms with Crippen molar-refractivity contribution in [2.75, 3.05) is 18.5 Å². The van der Waals surface area contributed by atoms with Crippen LogP contribution in [0.2, 0.25) is 0 Å². The van der Waals surface area contributed by atoms with Gasteiger partial charge in [-0.15, -0.1) is 0 Å². The third-order valence-corrected chi connectivity index (χ3v) is 3.59. The van der Waals surface area contributed by atoms with Crippen molar-refractivity contribution in [3.05, 3.63) is 48.4 Å². The van der Waals surface area contributed by atoms with Crippen LogP contribution in [0.3, 0.4) is 0 Å². The summed E-state index contributed by atoms with van der Waals surface area (Å²) in [4.78, 5) is 16.2. The summed E-state index contributed by atoms with van der Waals surface area (Å²) < 4.78 is 16.2. The van der Waals surface area contributed by atoms with Gasteiger partial charge in [0.2, 0.25) is 5.91 Å². The van der Waals surface area contributed by atoms with Gasteiger partial charge in [-0.2, -0.15) is 0 Å². The minimum Gasteiger partial charge on any atom is -0.486 e. The quantitative estimate of drug-likeness (QED) is 0.805. The molecule has 1 aliphatic heterocycles. The number of ether oxygens (including phenoxy) is 2. The van der Waals surface area contributed by atoms with Crippen LogP contribution in [0.5, 0.6) is 11.5 Å². The van der Waals surface area contributed by atoms with Crippen LogP contribution in [0.15, 0.2) is 47.2 Å². The van der Waals surface area contributed by atoms with Crippen molar-refractivity contribution in [1.29, 1.82) is 0 Å². The second kappa shape index (κ2) is 5.64. The Hall–Kier alpha value is -3.02. The van der Waals surface area contributed by atoms with Gasteiger partial charge in [0.25, 0.3) is 0 Å². The highest BCUT2D eigenvalue weighted by Crippen LogP contribution is 2.32. The third-order valence-electron chi connectivity index (χ3n) is 3.59. The topological polar surface area (TPSA) is 73.6 Å². The number of anilines is 1. The monoisotopic (exact) mass is 310 g/mol. The Morgan fingerprint density at radius 2 is 1.96 bits per heavy atom. The van der Waals surface area contributed by atoms with Gasteiger partial charge < -0.3 is 19.2 Å². The van der Waals surface area contributed by atoms with Crippen molar-refractivity contribution >= 4 is 22.7 Å². The summed E-state index contributed by atoms with van der Waals surface area (Å²) in [5.41, 5.74) is 3.00. The lowest BCUT2D eigenvalue weighted by molar-refractivity contribution is -0.115. The number of rotatable bonds is 3. The van der Waals surface area contributed by atoms with Crippen LogP contribution in [0.4, 0.5) is 5.69 Å². The molecule has 2 aromatic carbocycles. The molecule has 0 atom stereocenters. The lowest BCUT2D eigenvalue weighted by Gasteiger charge is -2.19. The third kappa shape index (κ3) is 2.83. The van der Waals surface area contributed by atoms with Gasteiger partial charge in [0.15, 0.2) is 23.5 Å². The Morgan fingerprint density at radius 3 is 2.87 bits per heavy atom. The Morgan fingerprint density at radius 1 is 1.09 bits per heavy atom. The molecule has 2 heterocycles. The molecule has 0 unspecified atom stereocenters. The first-order valence-electron chi connectivity index (χ1n) is 7.29. The van der Waals surface area contributed by atoms with Crippen molar-refractivity contribution < 1.29 is 18.7 Å². The molecule has 3 aromatic rings. The van der Waals surface area contributed by atoms with Crippen LogP contribution < -0.4 is 14.8 Å². The zero-order valence-electron chi connectivity index (χ0n) is 12.2. The molecule has 6 nitrogen and oxygen atoms in total. The maximum absolute atomic E-state index is 12.2. The summed E-state index contributed by atoms with van der Waals surface area (Å²) >= 11 is 0. The lowest BCUT2D eigenvalue weighted by atomic mass is 10.1. The molecule has 4 rings (SSSR count). The Balaban J connectivity index is 1.47. The molecule has 0 aliphatic carbocycles. The number of hydrogen-bond donors (Lipinski definition) is 1. The van der Waals surface area contributed by atoms with Crippen LogP contribution >= 0.6 is 0 Å². The van der Waals surface area contributed by atoms with E-state index in [0.717, 1.165) is 11.1 Å². The maximum atomic E-state index is 12.2. The van der Waals surface area contributed by atoms with Crippen LogP contribution in [0, 0.1) is 0 Å². The average molecular weight is 310 g/mol. The van der Waals surface area contributed by atoms with E-state index < -0.39 is 0 Å². The first-order valence-corrected chi connectivity index (χ1v) is 7.29. The summed E-state index contributed by atoms with van der Waals surface area (Å²) in [5, 5.41) is 2.86. The van der Waals surface area contributed by atoms with Gasteiger partial charge in [-0.1, -0.05) is 6.07 Å². The Labute approximate surface area is 132 Å². The summed E-state index contributed by atoms with van der Waals surface area (Å²) in [6.07, 6.45) is 1.65. The van der Waals surface area contributed by atoms with E-state index in [1.807, 2.05) is 18.2 Å². The predicted octanol–water partition coefficient (Wildman–Crippen LogP) is 2.78. The number of benzene rings is 2. The second-order valence-electron chi connectivity index (χ2n) is 5.24. The SMILES string of the molecule is O=C(Cc1ccc2ncoc2c1)Nc1ccc2c(c1)OCCO2. The molecule has 0 fully saturated rings. The molecule has 0 bridgehead atoms. The fraction of sp³-hybridized carbons (Fsp3) is 0.176. The Bertz CT molecular complexity index is 872. The number of nitrogens with zero attached hydrogens (tertiary/aromatic N) is 1. The molecular weight excluding hydrogens is 296 g/mol. The van der Waals surface area contributed by atoms with E-state index >= 15 is 0 Å². The predicted molar refractivity (Wildman–Crippen MR) is 83.8 cm³/mol. The molecule has 1 N–H and O–H groups in total. The molecule has 0 spiro atoms. The van der Waals surface area contributed by atoms with Crippen LogP contribution in [-0.2, 0) is 11.2 Å². The van der Waals surface area contributed by atoms with Gasteiger partial charge >= 0.3 is 0 Å². The summed E-state index contributed by atoms with van der Waals surface area (Å²) in [5.74, 6) is 1.24. The van der Waals surface area contributed by atoms with Gasteiger partial charge in [-0.05, 0) is 29.8 Å². The van der Waals surface area contributed by atoms with Crippen molar-refractivity contribution in [3.8, 4) is 11.5 Å². The standard InChI is InChI=1S/C17H14N2O4/c20-17(8-11-1-3-13-15(7-11)23-10-18-13)19-12-2-4-14-16(9-12)22-6-5-21-14/h1-4,7,9-10H,5-6,8H2,(H,19,20). The number of amides is 1.